The van der Waals surface area contributed by atoms with Crippen LogP contribution in [0.5, 0.6) is 11.5 Å². The molecule has 9 nitrogen and oxygen atoms in total. The summed E-state index contributed by atoms with van der Waals surface area (Å²) in [5.74, 6) is 0.536. The number of fused-ring (bicyclic) bond motifs is 1. The first-order valence-electron chi connectivity index (χ1n) is 13.4. The molecule has 1 aliphatic heterocycles. The molecule has 1 aliphatic carbocycles. The predicted octanol–water partition coefficient (Wildman–Crippen LogP) is 5.13. The van der Waals surface area contributed by atoms with Crippen molar-refractivity contribution in [3.8, 4) is 11.5 Å². The van der Waals surface area contributed by atoms with Gasteiger partial charge in [-0.25, -0.2) is 8.42 Å². The summed E-state index contributed by atoms with van der Waals surface area (Å²) in [4.78, 5) is 28.3. The van der Waals surface area contributed by atoms with Gasteiger partial charge in [-0.2, -0.15) is 0 Å². The van der Waals surface area contributed by atoms with Crippen molar-refractivity contribution in [1.29, 1.82) is 0 Å². The molecule has 0 bridgehead atoms. The molecule has 1 N–H and O–H groups in total. The van der Waals surface area contributed by atoms with Gasteiger partial charge < -0.3 is 19.7 Å². The molecule has 1 unspecified atom stereocenters. The largest absolute Gasteiger partial charge is 0.454 e. The maximum absolute atomic E-state index is 13.5. The molecular formula is C28H35Cl2N3O6S. The second-order valence-electron chi connectivity index (χ2n) is 10.3. The molecule has 4 rings (SSSR count). The minimum atomic E-state index is -3.64. The van der Waals surface area contributed by atoms with Crippen LogP contribution in [-0.4, -0.2) is 56.8 Å². The van der Waals surface area contributed by atoms with E-state index in [4.69, 9.17) is 32.7 Å². The maximum atomic E-state index is 13.5. The number of ether oxygens (including phenoxy) is 2. The molecule has 1 heterocycles. The Kier molecular flexibility index (Phi) is 10.1. The zero-order valence-corrected chi connectivity index (χ0v) is 25.0. The minimum Gasteiger partial charge on any atom is -0.454 e. The first-order valence-corrected chi connectivity index (χ1v) is 16.0. The van der Waals surface area contributed by atoms with Gasteiger partial charge in [0.15, 0.2) is 11.5 Å². The quantitative estimate of drug-likeness (QED) is 0.377. The molecule has 2 aromatic rings. The third kappa shape index (κ3) is 7.73. The Morgan fingerprint density at radius 3 is 2.45 bits per heavy atom. The van der Waals surface area contributed by atoms with Gasteiger partial charge >= 0.3 is 0 Å². The van der Waals surface area contributed by atoms with E-state index in [1.165, 1.54) is 15.6 Å². The monoisotopic (exact) mass is 611 g/mol. The Morgan fingerprint density at radius 2 is 1.75 bits per heavy atom. The van der Waals surface area contributed by atoms with Crippen LogP contribution in [0.15, 0.2) is 36.4 Å². The molecule has 218 valence electrons. The number of carbonyl (C=O) groups excluding carboxylic acids is 2. The number of sulfonamides is 1. The van der Waals surface area contributed by atoms with Gasteiger partial charge in [-0.1, -0.05) is 48.5 Å². The number of hydrogen-bond acceptors (Lipinski definition) is 6. The number of anilines is 1. The van der Waals surface area contributed by atoms with Crippen LogP contribution in [0.3, 0.4) is 0 Å². The van der Waals surface area contributed by atoms with Gasteiger partial charge in [0, 0.05) is 31.6 Å². The van der Waals surface area contributed by atoms with Gasteiger partial charge in [0.1, 0.15) is 6.04 Å². The van der Waals surface area contributed by atoms with Crippen LogP contribution in [-0.2, 0) is 26.2 Å². The Labute approximate surface area is 245 Å². The van der Waals surface area contributed by atoms with E-state index in [0.29, 0.717) is 27.2 Å². The van der Waals surface area contributed by atoms with E-state index in [0.717, 1.165) is 37.5 Å². The molecule has 1 atom stereocenters. The smallest absolute Gasteiger partial charge is 0.242 e. The van der Waals surface area contributed by atoms with Gasteiger partial charge in [-0.15, -0.1) is 0 Å². The molecule has 1 fully saturated rings. The highest BCUT2D eigenvalue weighted by molar-refractivity contribution is 7.92. The van der Waals surface area contributed by atoms with Crippen molar-refractivity contribution in [1.82, 2.24) is 10.2 Å². The van der Waals surface area contributed by atoms with E-state index < -0.39 is 16.1 Å². The Morgan fingerprint density at radius 1 is 1.02 bits per heavy atom. The first kappa shape index (κ1) is 30.3. The van der Waals surface area contributed by atoms with Gasteiger partial charge in [0.25, 0.3) is 0 Å². The Balaban J connectivity index is 1.46. The SMILES string of the molecule is CC(C(=O)NC1CCCCC1)N(Cc1ccc(Cl)c(Cl)c1)C(=O)CCCN(c1ccc2c(c1)OCO2)S(C)(=O)=O. The van der Waals surface area contributed by atoms with E-state index in [1.807, 2.05) is 0 Å². The number of amides is 2. The number of halogens is 2. The van der Waals surface area contributed by atoms with Crippen LogP contribution in [0, 0.1) is 0 Å². The Bertz CT molecular complexity index is 1330. The van der Waals surface area contributed by atoms with E-state index >= 15 is 0 Å². The molecule has 2 aliphatic rings. The highest BCUT2D eigenvalue weighted by Crippen LogP contribution is 2.36. The van der Waals surface area contributed by atoms with Crippen LogP contribution in [0.25, 0.3) is 0 Å². The zero-order valence-electron chi connectivity index (χ0n) is 22.7. The summed E-state index contributed by atoms with van der Waals surface area (Å²) in [5, 5.41) is 3.87. The van der Waals surface area contributed by atoms with Crippen molar-refractivity contribution < 1.29 is 27.5 Å². The number of nitrogens with one attached hydrogen (secondary N) is 1. The van der Waals surface area contributed by atoms with Crippen LogP contribution >= 0.6 is 23.2 Å². The average Bonchev–Trinajstić information content (AvgIpc) is 3.39. The van der Waals surface area contributed by atoms with E-state index in [1.54, 1.807) is 43.3 Å². The number of benzene rings is 2. The van der Waals surface area contributed by atoms with Crippen molar-refractivity contribution in [2.24, 2.45) is 0 Å². The van der Waals surface area contributed by atoms with Crippen molar-refractivity contribution in [2.75, 3.05) is 23.9 Å². The lowest BCUT2D eigenvalue weighted by molar-refractivity contribution is -0.141. The second kappa shape index (κ2) is 13.3. The zero-order chi connectivity index (χ0) is 28.9. The topological polar surface area (TPSA) is 105 Å². The van der Waals surface area contributed by atoms with Crippen LogP contribution in [0.4, 0.5) is 5.69 Å². The molecule has 12 heteroatoms. The number of carbonyl (C=O) groups is 2. The molecular weight excluding hydrogens is 577 g/mol. The Hall–Kier alpha value is -2.69. The molecule has 0 spiro atoms. The lowest BCUT2D eigenvalue weighted by Gasteiger charge is -2.31. The second-order valence-corrected chi connectivity index (χ2v) is 13.0. The maximum Gasteiger partial charge on any atom is 0.242 e. The third-order valence-corrected chi connectivity index (χ3v) is 9.19. The predicted molar refractivity (Wildman–Crippen MR) is 155 cm³/mol. The average molecular weight is 613 g/mol. The third-order valence-electron chi connectivity index (χ3n) is 7.25. The standard InChI is InChI=1S/C28H35Cl2N3O6S/c1-19(28(35)31-21-7-4-3-5-8-21)32(17-20-10-12-23(29)24(30)15-20)27(34)9-6-14-33(40(2,36)37)22-11-13-25-26(16-22)39-18-38-25/h10-13,15-16,19,21H,3-9,14,17-18H2,1-2H3,(H,31,35). The first-order chi connectivity index (χ1) is 19.0. The van der Waals surface area contributed by atoms with Gasteiger partial charge in [-0.05, 0) is 56.0 Å². The molecule has 2 amide bonds. The summed E-state index contributed by atoms with van der Waals surface area (Å²) in [7, 11) is -3.64. The van der Waals surface area contributed by atoms with Gasteiger partial charge in [-0.3, -0.25) is 13.9 Å². The highest BCUT2D eigenvalue weighted by Gasteiger charge is 2.29. The normalized spacial score (nSPS) is 15.9. The van der Waals surface area contributed by atoms with Crippen molar-refractivity contribution in [3.63, 3.8) is 0 Å². The summed E-state index contributed by atoms with van der Waals surface area (Å²) in [5.41, 5.74) is 1.16. The van der Waals surface area contributed by atoms with E-state index in [9.17, 15) is 18.0 Å². The lowest BCUT2D eigenvalue weighted by Crippen LogP contribution is -2.50. The lowest BCUT2D eigenvalue weighted by atomic mass is 9.95. The van der Waals surface area contributed by atoms with E-state index in [2.05, 4.69) is 5.32 Å². The molecule has 0 aromatic heterocycles. The molecule has 40 heavy (non-hydrogen) atoms. The van der Waals surface area contributed by atoms with Crippen LogP contribution < -0.4 is 19.1 Å². The molecule has 0 radical (unpaired) electrons. The van der Waals surface area contributed by atoms with Crippen molar-refractivity contribution in [3.05, 3.63) is 52.0 Å². The van der Waals surface area contributed by atoms with Crippen molar-refractivity contribution in [2.45, 2.75) is 70.5 Å². The minimum absolute atomic E-state index is 0.0406. The summed E-state index contributed by atoms with van der Waals surface area (Å²) >= 11 is 12.3. The fourth-order valence-corrected chi connectivity index (χ4v) is 6.31. The fraction of sp³-hybridized carbons (Fsp3) is 0.500. The molecule has 1 saturated carbocycles. The summed E-state index contributed by atoms with van der Waals surface area (Å²) in [6.07, 6.45) is 6.58. The van der Waals surface area contributed by atoms with Crippen molar-refractivity contribution >= 4 is 50.7 Å². The van der Waals surface area contributed by atoms with Gasteiger partial charge in [0.2, 0.25) is 28.6 Å². The summed E-state index contributed by atoms with van der Waals surface area (Å²) in [6.45, 7) is 2.02. The van der Waals surface area contributed by atoms with E-state index in [-0.39, 0.29) is 50.6 Å². The number of nitrogens with zero attached hydrogens (tertiary/aromatic N) is 2. The molecule has 2 aromatic carbocycles. The number of hydrogen-bond donors (Lipinski definition) is 1. The summed E-state index contributed by atoms with van der Waals surface area (Å²) < 4.78 is 37.2. The fourth-order valence-electron chi connectivity index (χ4n) is 5.03. The number of rotatable bonds is 11. The van der Waals surface area contributed by atoms with Gasteiger partial charge in [0.05, 0.1) is 22.0 Å². The van der Waals surface area contributed by atoms with Crippen LogP contribution in [0.2, 0.25) is 10.0 Å². The summed E-state index contributed by atoms with van der Waals surface area (Å²) in [6, 6.07) is 9.40. The highest BCUT2D eigenvalue weighted by atomic mass is 35.5. The van der Waals surface area contributed by atoms with Crippen LogP contribution in [0.1, 0.15) is 57.4 Å². The molecule has 0 saturated heterocycles.